The quantitative estimate of drug-likeness (QED) is 0.904. The molecule has 3 atom stereocenters. The van der Waals surface area contributed by atoms with Crippen LogP contribution in [-0.4, -0.2) is 18.8 Å². The lowest BCUT2D eigenvalue weighted by Gasteiger charge is -2.24. The van der Waals surface area contributed by atoms with Crippen LogP contribution in [0.5, 0.6) is 0 Å². The van der Waals surface area contributed by atoms with E-state index in [1.54, 1.807) is 0 Å². The Morgan fingerprint density at radius 1 is 1.26 bits per heavy atom. The van der Waals surface area contributed by atoms with Crippen LogP contribution >= 0.6 is 0 Å². The summed E-state index contributed by atoms with van der Waals surface area (Å²) < 4.78 is 32.4. The van der Waals surface area contributed by atoms with Gasteiger partial charge in [0.2, 0.25) is 0 Å². The van der Waals surface area contributed by atoms with Crippen LogP contribution in [-0.2, 0) is 4.74 Å². The molecule has 1 heterocycles. The molecule has 3 unspecified atom stereocenters. The highest BCUT2D eigenvalue weighted by atomic mass is 19.1. The molecule has 0 amide bonds. The van der Waals surface area contributed by atoms with Crippen LogP contribution < -0.4 is 5.32 Å². The first-order valence-corrected chi connectivity index (χ1v) is 6.98. The lowest BCUT2D eigenvalue weighted by molar-refractivity contribution is 0.0792. The molecule has 1 aliphatic heterocycles. The number of hydrogen-bond donors (Lipinski definition) is 1. The zero-order valence-electron chi connectivity index (χ0n) is 11.0. The molecule has 2 aliphatic rings. The molecule has 0 bridgehead atoms. The number of nitrogens with one attached hydrogen (secondary N) is 1. The van der Waals surface area contributed by atoms with Crippen molar-refractivity contribution >= 4 is 0 Å². The van der Waals surface area contributed by atoms with E-state index in [9.17, 15) is 8.78 Å². The maximum absolute atomic E-state index is 13.7. The van der Waals surface area contributed by atoms with Crippen LogP contribution in [0.2, 0.25) is 0 Å². The summed E-state index contributed by atoms with van der Waals surface area (Å²) in [6, 6.07) is 3.92. The molecule has 1 saturated carbocycles. The summed E-state index contributed by atoms with van der Waals surface area (Å²) in [4.78, 5) is 0. The van der Waals surface area contributed by atoms with E-state index in [4.69, 9.17) is 4.74 Å². The van der Waals surface area contributed by atoms with Crippen molar-refractivity contribution in [2.24, 2.45) is 5.92 Å². The molecule has 4 heteroatoms. The monoisotopic (exact) mass is 267 g/mol. The molecule has 1 N–H and O–H groups in total. The molecule has 0 radical (unpaired) electrons. The van der Waals surface area contributed by atoms with Gasteiger partial charge < -0.3 is 10.1 Å². The fourth-order valence-electron chi connectivity index (χ4n) is 2.94. The van der Waals surface area contributed by atoms with Gasteiger partial charge in [-0.1, -0.05) is 6.07 Å². The lowest BCUT2D eigenvalue weighted by Crippen LogP contribution is -2.39. The molecule has 1 aromatic rings. The standard InChI is InChI=1S/C15H19F2NO/c1-9(12-5-4-11(16)8-13(12)17)18-14-6-7-19-15(14)10-2-3-10/h4-5,8-10,14-15,18H,2-3,6-7H2,1H3. The van der Waals surface area contributed by atoms with Crippen LogP contribution in [0.1, 0.15) is 37.8 Å². The zero-order valence-corrected chi connectivity index (χ0v) is 11.0. The molecule has 2 fully saturated rings. The van der Waals surface area contributed by atoms with Crippen molar-refractivity contribution in [3.63, 3.8) is 0 Å². The normalized spacial score (nSPS) is 28.6. The predicted molar refractivity (Wildman–Crippen MR) is 68.8 cm³/mol. The maximum atomic E-state index is 13.7. The van der Waals surface area contributed by atoms with Crippen LogP contribution in [0.25, 0.3) is 0 Å². The van der Waals surface area contributed by atoms with Gasteiger partial charge in [-0.05, 0) is 38.2 Å². The minimum atomic E-state index is -0.534. The summed E-state index contributed by atoms with van der Waals surface area (Å²) in [6.07, 6.45) is 3.71. The molecule has 1 aromatic carbocycles. The Morgan fingerprint density at radius 2 is 2.05 bits per heavy atom. The van der Waals surface area contributed by atoms with Crippen LogP contribution in [0, 0.1) is 17.6 Å². The van der Waals surface area contributed by atoms with Crippen molar-refractivity contribution in [2.45, 2.75) is 44.4 Å². The highest BCUT2D eigenvalue weighted by Gasteiger charge is 2.41. The molecular weight excluding hydrogens is 248 g/mol. The van der Waals surface area contributed by atoms with Crippen LogP contribution in [0.15, 0.2) is 18.2 Å². The highest BCUT2D eigenvalue weighted by Crippen LogP contribution is 2.39. The molecule has 104 valence electrons. The van der Waals surface area contributed by atoms with Crippen molar-refractivity contribution < 1.29 is 13.5 Å². The molecule has 0 aromatic heterocycles. The third-order valence-electron chi connectivity index (χ3n) is 4.12. The molecule has 0 spiro atoms. The minimum Gasteiger partial charge on any atom is -0.376 e. The first-order valence-electron chi connectivity index (χ1n) is 6.98. The number of hydrogen-bond acceptors (Lipinski definition) is 2. The van der Waals surface area contributed by atoms with Gasteiger partial charge in [0.05, 0.1) is 6.10 Å². The smallest absolute Gasteiger partial charge is 0.130 e. The van der Waals surface area contributed by atoms with Gasteiger partial charge in [-0.15, -0.1) is 0 Å². The van der Waals surface area contributed by atoms with Crippen molar-refractivity contribution in [3.8, 4) is 0 Å². The largest absolute Gasteiger partial charge is 0.376 e. The Balaban J connectivity index is 1.68. The molecule has 2 nitrogen and oxygen atoms in total. The van der Waals surface area contributed by atoms with E-state index in [1.165, 1.54) is 25.0 Å². The third-order valence-corrected chi connectivity index (χ3v) is 4.12. The molecule has 1 saturated heterocycles. The van der Waals surface area contributed by atoms with Gasteiger partial charge >= 0.3 is 0 Å². The Kier molecular flexibility index (Phi) is 3.54. The van der Waals surface area contributed by atoms with E-state index in [-0.39, 0.29) is 18.2 Å². The summed E-state index contributed by atoms with van der Waals surface area (Å²) in [7, 11) is 0. The first-order chi connectivity index (χ1) is 9.15. The van der Waals surface area contributed by atoms with Crippen LogP contribution in [0.3, 0.4) is 0 Å². The van der Waals surface area contributed by atoms with Crippen LogP contribution in [0.4, 0.5) is 8.78 Å². The number of halogens is 2. The Morgan fingerprint density at radius 3 is 2.74 bits per heavy atom. The Bertz CT molecular complexity index is 461. The highest BCUT2D eigenvalue weighted by molar-refractivity contribution is 5.22. The average molecular weight is 267 g/mol. The number of ether oxygens (including phenoxy) is 1. The second-order valence-electron chi connectivity index (χ2n) is 5.62. The fourth-order valence-corrected chi connectivity index (χ4v) is 2.94. The lowest BCUT2D eigenvalue weighted by atomic mass is 10.0. The van der Waals surface area contributed by atoms with Gasteiger partial charge in [-0.2, -0.15) is 0 Å². The van der Waals surface area contributed by atoms with Gasteiger partial charge in [0.15, 0.2) is 0 Å². The Hall–Kier alpha value is -1.00. The average Bonchev–Trinajstić information content (AvgIpc) is 3.10. The van der Waals surface area contributed by atoms with E-state index in [2.05, 4.69) is 5.32 Å². The van der Waals surface area contributed by atoms with Gasteiger partial charge in [-0.3, -0.25) is 0 Å². The predicted octanol–water partition coefficient (Wildman–Crippen LogP) is 3.18. The second kappa shape index (κ2) is 5.17. The Labute approximate surface area is 112 Å². The van der Waals surface area contributed by atoms with E-state index in [1.807, 2.05) is 6.92 Å². The van der Waals surface area contributed by atoms with Gasteiger partial charge in [0, 0.05) is 30.3 Å². The molecule has 3 rings (SSSR count). The number of benzene rings is 1. The van der Waals surface area contributed by atoms with E-state index in [0.717, 1.165) is 19.1 Å². The molecular formula is C15H19F2NO. The van der Waals surface area contributed by atoms with Gasteiger partial charge in [0.1, 0.15) is 11.6 Å². The summed E-state index contributed by atoms with van der Waals surface area (Å²) in [6.45, 7) is 2.69. The summed E-state index contributed by atoms with van der Waals surface area (Å²) in [5.74, 6) is -0.347. The maximum Gasteiger partial charge on any atom is 0.130 e. The van der Waals surface area contributed by atoms with Crippen molar-refractivity contribution in [1.29, 1.82) is 0 Å². The first kappa shape index (κ1) is 13.0. The van der Waals surface area contributed by atoms with E-state index in [0.29, 0.717) is 11.5 Å². The van der Waals surface area contributed by atoms with Crippen molar-refractivity contribution in [3.05, 3.63) is 35.4 Å². The van der Waals surface area contributed by atoms with Crippen molar-refractivity contribution in [2.75, 3.05) is 6.61 Å². The third kappa shape index (κ3) is 2.79. The summed E-state index contributed by atoms with van der Waals surface area (Å²) >= 11 is 0. The van der Waals surface area contributed by atoms with E-state index >= 15 is 0 Å². The topological polar surface area (TPSA) is 21.3 Å². The minimum absolute atomic E-state index is 0.131. The van der Waals surface area contributed by atoms with E-state index < -0.39 is 11.6 Å². The SMILES string of the molecule is CC(NC1CCOC1C1CC1)c1ccc(F)cc1F. The molecule has 1 aliphatic carbocycles. The van der Waals surface area contributed by atoms with Crippen molar-refractivity contribution in [1.82, 2.24) is 5.32 Å². The fraction of sp³-hybridized carbons (Fsp3) is 0.600. The molecule has 19 heavy (non-hydrogen) atoms. The second-order valence-corrected chi connectivity index (χ2v) is 5.62. The number of rotatable bonds is 4. The van der Waals surface area contributed by atoms with Gasteiger partial charge in [0.25, 0.3) is 0 Å². The summed E-state index contributed by atoms with van der Waals surface area (Å²) in [5.41, 5.74) is 0.517. The summed E-state index contributed by atoms with van der Waals surface area (Å²) in [5, 5.41) is 3.44. The zero-order chi connectivity index (χ0) is 13.4. The van der Waals surface area contributed by atoms with Gasteiger partial charge in [-0.25, -0.2) is 8.78 Å².